The van der Waals surface area contributed by atoms with E-state index in [2.05, 4.69) is 22.0 Å². The first-order valence-electron chi connectivity index (χ1n) is 5.85. The van der Waals surface area contributed by atoms with E-state index in [0.717, 1.165) is 4.47 Å². The Hall–Kier alpha value is -1.34. The molecule has 0 fully saturated rings. The van der Waals surface area contributed by atoms with Gasteiger partial charge in [0.15, 0.2) is 5.78 Å². The molecule has 1 unspecified atom stereocenters. The van der Waals surface area contributed by atoms with Crippen molar-refractivity contribution in [2.75, 3.05) is 0 Å². The van der Waals surface area contributed by atoms with E-state index in [0.29, 0.717) is 24.2 Å². The molecule has 1 aliphatic heterocycles. The van der Waals surface area contributed by atoms with Gasteiger partial charge in [0.2, 0.25) is 0 Å². The van der Waals surface area contributed by atoms with E-state index in [1.807, 2.05) is 26.0 Å². The number of halogens is 1. The molecule has 1 heterocycles. The molecule has 2 rings (SSSR count). The fourth-order valence-corrected chi connectivity index (χ4v) is 2.67. The molecule has 0 radical (unpaired) electrons. The lowest BCUT2D eigenvalue weighted by atomic mass is 9.79. The number of nitrogens with zero attached hydrogens (tertiary/aromatic N) is 1. The Morgan fingerprint density at radius 3 is 2.89 bits per heavy atom. The Labute approximate surface area is 115 Å². The molecular formula is C14H14BrNO2. The van der Waals surface area contributed by atoms with Crippen molar-refractivity contribution in [2.45, 2.75) is 32.3 Å². The van der Waals surface area contributed by atoms with Crippen LogP contribution in [0.25, 0.3) is 0 Å². The summed E-state index contributed by atoms with van der Waals surface area (Å²) in [6, 6.07) is 7.51. The third kappa shape index (κ3) is 2.28. The first kappa shape index (κ1) is 13.1. The Bertz CT molecular complexity index is 531. The van der Waals surface area contributed by atoms with Crippen LogP contribution >= 0.6 is 15.9 Å². The van der Waals surface area contributed by atoms with Gasteiger partial charge in [-0.3, -0.25) is 4.79 Å². The van der Waals surface area contributed by atoms with Gasteiger partial charge in [0, 0.05) is 10.9 Å². The summed E-state index contributed by atoms with van der Waals surface area (Å²) in [5, 5.41) is 8.68. The predicted molar refractivity (Wildman–Crippen MR) is 71.5 cm³/mol. The standard InChI is InChI=1S/C14H14BrNO2/c1-14(2)11(4-3-7-16)13(17)10-6-5-9(15)8-12(10)18-14/h5-6,8,11H,3-4H2,1-2H3. The van der Waals surface area contributed by atoms with Crippen LogP contribution < -0.4 is 4.74 Å². The molecule has 0 amide bonds. The lowest BCUT2D eigenvalue weighted by Gasteiger charge is -2.38. The highest BCUT2D eigenvalue weighted by molar-refractivity contribution is 9.10. The molecular weight excluding hydrogens is 294 g/mol. The molecule has 1 aromatic carbocycles. The molecule has 18 heavy (non-hydrogen) atoms. The second-order valence-corrected chi connectivity index (χ2v) is 5.88. The molecule has 94 valence electrons. The number of rotatable bonds is 2. The van der Waals surface area contributed by atoms with Crippen molar-refractivity contribution in [1.29, 1.82) is 5.26 Å². The number of ketones is 1. The van der Waals surface area contributed by atoms with Crippen molar-refractivity contribution in [3.05, 3.63) is 28.2 Å². The maximum Gasteiger partial charge on any atom is 0.173 e. The molecule has 0 spiro atoms. The average Bonchev–Trinajstić information content (AvgIpc) is 2.27. The Morgan fingerprint density at radius 2 is 2.22 bits per heavy atom. The van der Waals surface area contributed by atoms with Crippen LogP contribution in [0.1, 0.15) is 37.0 Å². The topological polar surface area (TPSA) is 50.1 Å². The van der Waals surface area contributed by atoms with Crippen LogP contribution in [0.4, 0.5) is 0 Å². The minimum atomic E-state index is -0.568. The van der Waals surface area contributed by atoms with Crippen LogP contribution in [0.2, 0.25) is 0 Å². The van der Waals surface area contributed by atoms with Crippen LogP contribution in [0.5, 0.6) is 5.75 Å². The summed E-state index contributed by atoms with van der Waals surface area (Å²) in [6.07, 6.45) is 0.910. The number of Topliss-reactive ketones (excluding diaryl/α,β-unsaturated/α-hetero) is 1. The van der Waals surface area contributed by atoms with Crippen LogP contribution in [-0.4, -0.2) is 11.4 Å². The number of fused-ring (bicyclic) bond motifs is 1. The zero-order valence-electron chi connectivity index (χ0n) is 10.4. The normalized spacial score (nSPS) is 20.8. The largest absolute Gasteiger partial charge is 0.486 e. The minimum absolute atomic E-state index is 0.0731. The van der Waals surface area contributed by atoms with Gasteiger partial charge in [0.1, 0.15) is 11.4 Å². The van der Waals surface area contributed by atoms with Crippen LogP contribution in [0.15, 0.2) is 22.7 Å². The maximum atomic E-state index is 12.4. The summed E-state index contributed by atoms with van der Waals surface area (Å²) in [6.45, 7) is 3.80. The average molecular weight is 308 g/mol. The van der Waals surface area contributed by atoms with Crippen molar-refractivity contribution in [1.82, 2.24) is 0 Å². The molecule has 3 nitrogen and oxygen atoms in total. The van der Waals surface area contributed by atoms with Crippen LogP contribution in [0.3, 0.4) is 0 Å². The van der Waals surface area contributed by atoms with Gasteiger partial charge in [0.05, 0.1) is 17.6 Å². The number of benzene rings is 1. The lowest BCUT2D eigenvalue weighted by Crippen LogP contribution is -2.45. The lowest BCUT2D eigenvalue weighted by molar-refractivity contribution is 0.0239. The van der Waals surface area contributed by atoms with E-state index in [-0.39, 0.29) is 11.7 Å². The van der Waals surface area contributed by atoms with Gasteiger partial charge in [-0.05, 0) is 38.5 Å². The molecule has 0 saturated heterocycles. The number of ether oxygens (including phenoxy) is 1. The predicted octanol–water partition coefficient (Wildman–Crippen LogP) is 3.72. The van der Waals surface area contributed by atoms with Gasteiger partial charge in [-0.2, -0.15) is 5.26 Å². The summed E-state index contributed by atoms with van der Waals surface area (Å²) in [5.74, 6) is 0.433. The molecule has 0 aromatic heterocycles. The van der Waals surface area contributed by atoms with Crippen molar-refractivity contribution in [3.8, 4) is 11.8 Å². The molecule has 0 bridgehead atoms. The number of hydrogen-bond donors (Lipinski definition) is 0. The number of nitriles is 1. The first-order valence-corrected chi connectivity index (χ1v) is 6.65. The van der Waals surface area contributed by atoms with Gasteiger partial charge in [-0.1, -0.05) is 15.9 Å². The second kappa shape index (κ2) is 4.74. The highest BCUT2D eigenvalue weighted by Gasteiger charge is 2.42. The van der Waals surface area contributed by atoms with Crippen LogP contribution in [0, 0.1) is 17.2 Å². The molecule has 0 N–H and O–H groups in total. The first-order chi connectivity index (χ1) is 8.45. The summed E-state index contributed by atoms with van der Waals surface area (Å²) < 4.78 is 6.81. The van der Waals surface area contributed by atoms with E-state index in [9.17, 15) is 4.79 Å². The zero-order valence-corrected chi connectivity index (χ0v) is 12.0. The van der Waals surface area contributed by atoms with Crippen molar-refractivity contribution < 1.29 is 9.53 Å². The van der Waals surface area contributed by atoms with E-state index >= 15 is 0 Å². The van der Waals surface area contributed by atoms with Crippen molar-refractivity contribution >= 4 is 21.7 Å². The van der Waals surface area contributed by atoms with E-state index in [4.69, 9.17) is 10.00 Å². The summed E-state index contributed by atoms with van der Waals surface area (Å²) >= 11 is 3.37. The summed E-state index contributed by atoms with van der Waals surface area (Å²) in [4.78, 5) is 12.4. The van der Waals surface area contributed by atoms with Gasteiger partial charge < -0.3 is 4.74 Å². The SMILES string of the molecule is CC1(C)Oc2cc(Br)ccc2C(=O)C1CCC#N. The highest BCUT2D eigenvalue weighted by Crippen LogP contribution is 2.39. The van der Waals surface area contributed by atoms with Gasteiger partial charge in [-0.15, -0.1) is 0 Å². The molecule has 4 heteroatoms. The molecule has 1 aromatic rings. The Balaban J connectivity index is 2.40. The smallest absolute Gasteiger partial charge is 0.173 e. The molecule has 1 aliphatic rings. The number of carbonyl (C=O) groups excluding carboxylic acids is 1. The van der Waals surface area contributed by atoms with E-state index in [1.54, 1.807) is 6.07 Å². The van der Waals surface area contributed by atoms with Crippen molar-refractivity contribution in [3.63, 3.8) is 0 Å². The van der Waals surface area contributed by atoms with E-state index < -0.39 is 5.60 Å². The zero-order chi connectivity index (χ0) is 13.3. The fraction of sp³-hybridized carbons (Fsp3) is 0.429. The third-order valence-electron chi connectivity index (χ3n) is 3.28. The highest BCUT2D eigenvalue weighted by atomic mass is 79.9. The maximum absolute atomic E-state index is 12.4. The second-order valence-electron chi connectivity index (χ2n) is 4.96. The number of carbonyl (C=O) groups is 1. The minimum Gasteiger partial charge on any atom is -0.486 e. The summed E-state index contributed by atoms with van der Waals surface area (Å²) in [5.41, 5.74) is 0.0438. The van der Waals surface area contributed by atoms with Crippen molar-refractivity contribution in [2.24, 2.45) is 5.92 Å². The fourth-order valence-electron chi connectivity index (χ4n) is 2.33. The Kier molecular flexibility index (Phi) is 3.45. The number of hydrogen-bond acceptors (Lipinski definition) is 3. The summed E-state index contributed by atoms with van der Waals surface area (Å²) in [7, 11) is 0. The van der Waals surface area contributed by atoms with Crippen LogP contribution in [-0.2, 0) is 0 Å². The monoisotopic (exact) mass is 307 g/mol. The quantitative estimate of drug-likeness (QED) is 0.836. The van der Waals surface area contributed by atoms with E-state index in [1.165, 1.54) is 0 Å². The van der Waals surface area contributed by atoms with Gasteiger partial charge in [-0.25, -0.2) is 0 Å². The third-order valence-corrected chi connectivity index (χ3v) is 3.78. The van der Waals surface area contributed by atoms with Gasteiger partial charge >= 0.3 is 0 Å². The Morgan fingerprint density at radius 1 is 1.50 bits per heavy atom. The van der Waals surface area contributed by atoms with Gasteiger partial charge in [0.25, 0.3) is 0 Å². The molecule has 0 saturated carbocycles. The molecule has 1 atom stereocenters. The molecule has 0 aliphatic carbocycles.